The third-order valence-corrected chi connectivity index (χ3v) is 6.23. The number of rotatable bonds is 5. The van der Waals surface area contributed by atoms with Gasteiger partial charge in [0.25, 0.3) is 0 Å². The van der Waals surface area contributed by atoms with Crippen molar-refractivity contribution in [3.05, 3.63) is 70.4 Å². The van der Waals surface area contributed by atoms with Gasteiger partial charge in [0.15, 0.2) is 11.5 Å². The summed E-state index contributed by atoms with van der Waals surface area (Å²) in [7, 11) is 0. The second kappa shape index (κ2) is 12.0. The van der Waals surface area contributed by atoms with Crippen LogP contribution in [0.4, 0.5) is 52.7 Å². The van der Waals surface area contributed by atoms with Crippen molar-refractivity contribution in [2.75, 3.05) is 0 Å². The number of alkyl halides is 12. The van der Waals surface area contributed by atoms with E-state index in [1.54, 1.807) is 0 Å². The minimum atomic E-state index is -5.42. The molecule has 8 nitrogen and oxygen atoms in total. The van der Waals surface area contributed by atoms with Crippen molar-refractivity contribution >= 4 is 0 Å². The Hall–Kier alpha value is -6.02. The van der Waals surface area contributed by atoms with Crippen molar-refractivity contribution in [2.45, 2.75) is 36.5 Å². The second-order valence-corrected chi connectivity index (χ2v) is 9.43. The van der Waals surface area contributed by atoms with E-state index in [2.05, 4.69) is 9.97 Å². The Bertz CT molecular complexity index is 1820. The molecule has 246 valence electrons. The number of hydrogen-bond acceptors (Lipinski definition) is 8. The molecule has 20 heteroatoms. The Kier molecular flexibility index (Phi) is 8.69. The number of halogens is 12. The van der Waals surface area contributed by atoms with Crippen LogP contribution >= 0.6 is 0 Å². The summed E-state index contributed by atoms with van der Waals surface area (Å²) in [6.07, 6.45) is -21.7. The van der Waals surface area contributed by atoms with E-state index in [9.17, 15) is 73.7 Å². The Balaban J connectivity index is 2.18. The van der Waals surface area contributed by atoms with Crippen LogP contribution in [0.5, 0.6) is 0 Å². The van der Waals surface area contributed by atoms with Crippen molar-refractivity contribution in [1.82, 2.24) is 9.97 Å². The molecule has 0 aliphatic rings. The predicted molar refractivity (Wildman–Crippen MR) is 131 cm³/mol. The second-order valence-electron chi connectivity index (χ2n) is 9.43. The molecule has 4 rings (SSSR count). The van der Waals surface area contributed by atoms with Gasteiger partial charge in [-0.3, -0.25) is 0 Å². The highest BCUT2D eigenvalue weighted by molar-refractivity contribution is 5.84. The summed E-state index contributed by atoms with van der Waals surface area (Å²) >= 11 is 0. The molecule has 0 aliphatic carbocycles. The molecule has 0 bridgehead atoms. The van der Waals surface area contributed by atoms with Gasteiger partial charge in [-0.05, 0) is 36.4 Å². The molecule has 0 amide bonds. The first-order chi connectivity index (χ1) is 22.1. The van der Waals surface area contributed by atoms with Gasteiger partial charge in [0.1, 0.15) is 11.4 Å². The number of hydrogen-bond donors (Lipinski definition) is 0. The fraction of sp³-hybridized carbons (Fsp3) is 0.214. The average Bonchev–Trinajstić information content (AvgIpc) is 3.62. The van der Waals surface area contributed by atoms with E-state index in [0.717, 1.165) is 0 Å². The molecule has 4 aromatic rings. The lowest BCUT2D eigenvalue weighted by atomic mass is 9.99. The monoisotopic (exact) mass is 688 g/mol. The molecule has 0 N–H and O–H groups in total. The van der Waals surface area contributed by atoms with Crippen LogP contribution in [-0.4, -0.2) is 9.97 Å². The van der Waals surface area contributed by atoms with Crippen LogP contribution < -0.4 is 0 Å². The molecular formula is C28H8F12N6O2. The quantitative estimate of drug-likeness (QED) is 0.189. The first-order valence-corrected chi connectivity index (χ1v) is 12.3. The summed E-state index contributed by atoms with van der Waals surface area (Å²) in [5, 5.41) is 37.3. The van der Waals surface area contributed by atoms with E-state index in [1.165, 1.54) is 24.3 Å². The summed E-state index contributed by atoms with van der Waals surface area (Å²) in [4.78, 5) is 7.33. The summed E-state index contributed by atoms with van der Waals surface area (Å²) in [6, 6.07) is 5.35. The maximum absolute atomic E-state index is 13.7. The lowest BCUT2D eigenvalue weighted by molar-refractivity contribution is -0.144. The van der Waals surface area contributed by atoms with Crippen LogP contribution in [0.3, 0.4) is 0 Å². The number of nitrogens with zero attached hydrogens (tertiary/aromatic N) is 6. The molecular weight excluding hydrogens is 680 g/mol. The van der Waals surface area contributed by atoms with Crippen molar-refractivity contribution in [1.29, 1.82) is 21.0 Å². The van der Waals surface area contributed by atoms with E-state index in [-0.39, 0.29) is 36.4 Å². The fourth-order valence-electron chi connectivity index (χ4n) is 4.08. The van der Waals surface area contributed by atoms with Gasteiger partial charge in [-0.15, -0.1) is 0 Å². The van der Waals surface area contributed by atoms with Crippen molar-refractivity contribution in [2.24, 2.45) is 0 Å². The highest BCUT2D eigenvalue weighted by atomic mass is 19.4. The Labute approximate surface area is 258 Å². The van der Waals surface area contributed by atoms with Gasteiger partial charge in [0.05, 0.1) is 46.5 Å². The van der Waals surface area contributed by atoms with Crippen LogP contribution in [0.2, 0.25) is 0 Å². The highest BCUT2D eigenvalue weighted by Gasteiger charge is 2.40. The normalized spacial score (nSPS) is 12.5. The number of nitriles is 4. The van der Waals surface area contributed by atoms with Crippen molar-refractivity contribution in [3.63, 3.8) is 0 Å². The molecule has 0 atom stereocenters. The van der Waals surface area contributed by atoms with Crippen LogP contribution in [0, 0.1) is 45.3 Å². The van der Waals surface area contributed by atoms with Gasteiger partial charge in [-0.2, -0.15) is 73.7 Å². The minimum absolute atomic E-state index is 0.116. The van der Waals surface area contributed by atoms with Crippen molar-refractivity contribution in [3.8, 4) is 58.3 Å². The van der Waals surface area contributed by atoms with Gasteiger partial charge in [0.2, 0.25) is 23.6 Å². The van der Waals surface area contributed by atoms with Gasteiger partial charge in [-0.1, -0.05) is 0 Å². The zero-order valence-corrected chi connectivity index (χ0v) is 22.7. The van der Waals surface area contributed by atoms with Gasteiger partial charge >= 0.3 is 24.7 Å². The van der Waals surface area contributed by atoms with Gasteiger partial charge in [0, 0.05) is 11.1 Å². The average molecular weight is 688 g/mol. The lowest BCUT2D eigenvalue weighted by Crippen LogP contribution is -2.11. The van der Waals surface area contributed by atoms with E-state index in [1.807, 2.05) is 0 Å². The molecule has 0 saturated heterocycles. The first-order valence-electron chi connectivity index (χ1n) is 12.3. The molecule has 0 unspecified atom stereocenters. The standard InChI is InChI=1S/C28H8F12N6O2/c29-25(30,31)15-1-11(2-16(5-15)26(32,33)34)19-21(47-23(45-19)13(7-41)8-42)22-20(46-24(48-22)14(9-43)10-44)12-3-17(27(35,36)37)6-18(4-12)28(38,39)40/h1-6,13-14H. The summed E-state index contributed by atoms with van der Waals surface area (Å²) < 4.78 is 175. The zero-order chi connectivity index (χ0) is 36.0. The molecule has 0 spiro atoms. The van der Waals surface area contributed by atoms with Crippen LogP contribution in [0.25, 0.3) is 34.0 Å². The Morgan fingerprint density at radius 3 is 0.917 bits per heavy atom. The van der Waals surface area contributed by atoms with E-state index < -0.39 is 105 Å². The smallest absolute Gasteiger partial charge is 0.416 e. The maximum Gasteiger partial charge on any atom is 0.416 e. The molecule has 2 aromatic heterocycles. The van der Waals surface area contributed by atoms with Crippen LogP contribution in [0.15, 0.2) is 45.2 Å². The fourth-order valence-corrected chi connectivity index (χ4v) is 4.08. The molecule has 48 heavy (non-hydrogen) atoms. The minimum Gasteiger partial charge on any atom is -0.434 e. The topological polar surface area (TPSA) is 147 Å². The molecule has 0 saturated carbocycles. The molecule has 0 fully saturated rings. The SMILES string of the molecule is N#CC(C#N)c1nc(-c2cc(C(F)(F)F)cc(C(F)(F)F)c2)c(-c2oc(C(C#N)C#N)nc2-c2cc(C(F)(F)F)cc(C(F)(F)F)c2)o1. The number of aromatic nitrogens is 2. The molecule has 0 aliphatic heterocycles. The highest BCUT2D eigenvalue weighted by Crippen LogP contribution is 2.46. The zero-order valence-electron chi connectivity index (χ0n) is 22.7. The third-order valence-electron chi connectivity index (χ3n) is 6.23. The molecule has 2 aromatic carbocycles. The largest absolute Gasteiger partial charge is 0.434 e. The lowest BCUT2D eigenvalue weighted by Gasteiger charge is -2.14. The van der Waals surface area contributed by atoms with Crippen LogP contribution in [0.1, 0.15) is 45.9 Å². The predicted octanol–water partition coefficient (Wildman–Crippen LogP) is 9.00. The van der Waals surface area contributed by atoms with Gasteiger partial charge in [-0.25, -0.2) is 9.97 Å². The van der Waals surface area contributed by atoms with Crippen LogP contribution in [-0.2, 0) is 24.7 Å². The van der Waals surface area contributed by atoms with E-state index >= 15 is 0 Å². The number of oxazole rings is 2. The third kappa shape index (κ3) is 6.88. The Morgan fingerprint density at radius 2 is 0.708 bits per heavy atom. The molecule has 2 heterocycles. The molecule has 0 radical (unpaired) electrons. The van der Waals surface area contributed by atoms with E-state index in [4.69, 9.17) is 8.83 Å². The van der Waals surface area contributed by atoms with Crippen molar-refractivity contribution < 1.29 is 61.5 Å². The number of benzene rings is 2. The Morgan fingerprint density at radius 1 is 0.458 bits per heavy atom. The summed E-state index contributed by atoms with van der Waals surface area (Å²) in [5.41, 5.74) is -11.9. The summed E-state index contributed by atoms with van der Waals surface area (Å²) in [6.45, 7) is 0. The van der Waals surface area contributed by atoms with Gasteiger partial charge < -0.3 is 8.83 Å². The summed E-state index contributed by atoms with van der Waals surface area (Å²) in [5.74, 6) is -8.32. The first kappa shape index (κ1) is 34.8. The maximum atomic E-state index is 13.7. The van der Waals surface area contributed by atoms with E-state index in [0.29, 0.717) is 0 Å².